The lowest BCUT2D eigenvalue weighted by atomic mass is 10.1. The number of phenols is 1. The van der Waals surface area contributed by atoms with E-state index in [0.29, 0.717) is 5.56 Å². The van der Waals surface area contributed by atoms with Gasteiger partial charge in [0.05, 0.1) is 6.61 Å². The largest absolute Gasteiger partial charge is 0.508 e. The molecule has 0 radical (unpaired) electrons. The average molecular weight is 252 g/mol. The van der Waals surface area contributed by atoms with Gasteiger partial charge in [-0.15, -0.1) is 0 Å². The van der Waals surface area contributed by atoms with Crippen molar-refractivity contribution in [3.05, 3.63) is 29.8 Å². The Morgan fingerprint density at radius 1 is 1.33 bits per heavy atom. The second kappa shape index (κ2) is 6.64. The molecule has 0 fully saturated rings. The van der Waals surface area contributed by atoms with Crippen molar-refractivity contribution < 1.29 is 24.2 Å². The summed E-state index contributed by atoms with van der Waals surface area (Å²) in [4.78, 5) is 22.6. The van der Waals surface area contributed by atoms with Gasteiger partial charge in [-0.2, -0.15) is 0 Å². The molecule has 0 bridgehead atoms. The Bertz CT molecular complexity index is 427. The molecule has 0 saturated carbocycles. The van der Waals surface area contributed by atoms with Gasteiger partial charge in [-0.25, -0.2) is 4.79 Å². The number of hydrogen-bond acceptors (Lipinski definition) is 5. The van der Waals surface area contributed by atoms with Crippen molar-refractivity contribution in [1.29, 1.82) is 0 Å². The summed E-state index contributed by atoms with van der Waals surface area (Å²) in [6.07, 6.45) is -0.943. The van der Waals surface area contributed by atoms with Crippen molar-refractivity contribution in [2.45, 2.75) is 26.4 Å². The van der Waals surface area contributed by atoms with E-state index in [4.69, 9.17) is 9.47 Å². The first-order valence-electron chi connectivity index (χ1n) is 5.65. The van der Waals surface area contributed by atoms with Crippen molar-refractivity contribution in [2.24, 2.45) is 0 Å². The van der Waals surface area contributed by atoms with Gasteiger partial charge < -0.3 is 14.6 Å². The molecule has 0 spiro atoms. The van der Waals surface area contributed by atoms with Crippen molar-refractivity contribution >= 4 is 11.9 Å². The quantitative estimate of drug-likeness (QED) is 0.802. The molecule has 98 valence electrons. The molecular formula is C13H16O5. The summed E-state index contributed by atoms with van der Waals surface area (Å²) in [6, 6.07) is 6.56. The Balaban J connectivity index is 2.81. The number of benzene rings is 1. The summed E-state index contributed by atoms with van der Waals surface area (Å²) in [7, 11) is 0. The Morgan fingerprint density at radius 2 is 2.00 bits per heavy atom. The minimum atomic E-state index is -1.03. The third-order valence-corrected chi connectivity index (χ3v) is 2.25. The first-order valence-corrected chi connectivity index (χ1v) is 5.65. The number of carbonyl (C=O) groups excluding carboxylic acids is 2. The van der Waals surface area contributed by atoms with Gasteiger partial charge in [-0.05, 0) is 18.6 Å². The SMILES string of the molecule is CCOC(=O)C(Cc1ccccc1O)OC(C)=O. The molecule has 1 rings (SSSR count). The molecule has 5 heteroatoms. The molecule has 1 N–H and O–H groups in total. The number of phenolic OH excluding ortho intramolecular Hbond substituents is 1. The van der Waals surface area contributed by atoms with Gasteiger partial charge >= 0.3 is 11.9 Å². The summed E-state index contributed by atoms with van der Waals surface area (Å²) in [5.41, 5.74) is 0.525. The molecule has 1 atom stereocenters. The van der Waals surface area contributed by atoms with Crippen LogP contribution in [0.15, 0.2) is 24.3 Å². The van der Waals surface area contributed by atoms with Crippen molar-refractivity contribution in [2.75, 3.05) is 6.61 Å². The van der Waals surface area contributed by atoms with Crippen LogP contribution in [0.1, 0.15) is 19.4 Å². The number of para-hydroxylation sites is 1. The summed E-state index contributed by atoms with van der Waals surface area (Å²) >= 11 is 0. The molecule has 5 nitrogen and oxygen atoms in total. The standard InChI is InChI=1S/C13H16O5/c1-3-17-13(16)12(18-9(2)14)8-10-6-4-5-7-11(10)15/h4-7,12,15H,3,8H2,1-2H3. The fourth-order valence-electron chi connectivity index (χ4n) is 1.49. The zero-order chi connectivity index (χ0) is 13.5. The van der Waals surface area contributed by atoms with Crippen molar-refractivity contribution in [1.82, 2.24) is 0 Å². The second-order valence-electron chi connectivity index (χ2n) is 3.68. The van der Waals surface area contributed by atoms with Crippen LogP contribution in [0.25, 0.3) is 0 Å². The van der Waals surface area contributed by atoms with Crippen LogP contribution in [0, 0.1) is 0 Å². The van der Waals surface area contributed by atoms with Crippen LogP contribution in [0.4, 0.5) is 0 Å². The Labute approximate surface area is 105 Å². The maximum absolute atomic E-state index is 11.6. The predicted molar refractivity (Wildman–Crippen MR) is 64.0 cm³/mol. The maximum Gasteiger partial charge on any atom is 0.347 e. The van der Waals surface area contributed by atoms with Crippen LogP contribution >= 0.6 is 0 Å². The number of hydrogen-bond donors (Lipinski definition) is 1. The van der Waals surface area contributed by atoms with Crippen LogP contribution in [-0.4, -0.2) is 29.8 Å². The molecule has 18 heavy (non-hydrogen) atoms. The number of esters is 2. The maximum atomic E-state index is 11.6. The fourth-order valence-corrected chi connectivity index (χ4v) is 1.49. The number of ether oxygens (including phenoxy) is 2. The lowest BCUT2D eigenvalue weighted by molar-refractivity contribution is -0.166. The minimum absolute atomic E-state index is 0.0546. The lowest BCUT2D eigenvalue weighted by Gasteiger charge is -2.16. The van der Waals surface area contributed by atoms with Crippen molar-refractivity contribution in [3.63, 3.8) is 0 Å². The average Bonchev–Trinajstić information content (AvgIpc) is 2.31. The minimum Gasteiger partial charge on any atom is -0.508 e. The fraction of sp³-hybridized carbons (Fsp3) is 0.385. The molecule has 0 saturated heterocycles. The van der Waals surface area contributed by atoms with Crippen LogP contribution in [0.2, 0.25) is 0 Å². The van der Waals surface area contributed by atoms with Crippen LogP contribution < -0.4 is 0 Å². The molecule has 1 aromatic carbocycles. The monoisotopic (exact) mass is 252 g/mol. The molecule has 0 amide bonds. The van der Waals surface area contributed by atoms with E-state index in [0.717, 1.165) is 0 Å². The van der Waals surface area contributed by atoms with E-state index in [1.165, 1.54) is 13.0 Å². The van der Waals surface area contributed by atoms with E-state index < -0.39 is 18.0 Å². The van der Waals surface area contributed by atoms with Gasteiger partial charge in [0.15, 0.2) is 0 Å². The van der Waals surface area contributed by atoms with Crippen LogP contribution in [0.5, 0.6) is 5.75 Å². The zero-order valence-corrected chi connectivity index (χ0v) is 10.4. The molecule has 0 aliphatic carbocycles. The topological polar surface area (TPSA) is 72.8 Å². The van der Waals surface area contributed by atoms with E-state index in [1.807, 2.05) is 0 Å². The molecular weight excluding hydrogens is 236 g/mol. The van der Waals surface area contributed by atoms with Crippen LogP contribution in [0.3, 0.4) is 0 Å². The molecule has 1 unspecified atom stereocenters. The smallest absolute Gasteiger partial charge is 0.347 e. The van der Waals surface area contributed by atoms with Gasteiger partial charge in [-0.3, -0.25) is 4.79 Å². The van der Waals surface area contributed by atoms with E-state index in [9.17, 15) is 14.7 Å². The van der Waals surface area contributed by atoms with Gasteiger partial charge in [-0.1, -0.05) is 18.2 Å². The number of aromatic hydroxyl groups is 1. The highest BCUT2D eigenvalue weighted by Crippen LogP contribution is 2.19. The summed E-state index contributed by atoms with van der Waals surface area (Å²) in [5, 5.41) is 9.61. The molecule has 0 aromatic heterocycles. The first-order chi connectivity index (χ1) is 8.54. The van der Waals surface area contributed by atoms with Gasteiger partial charge in [0, 0.05) is 13.3 Å². The Hall–Kier alpha value is -2.04. The third-order valence-electron chi connectivity index (χ3n) is 2.25. The highest BCUT2D eigenvalue weighted by Gasteiger charge is 2.24. The predicted octanol–water partition coefficient (Wildman–Crippen LogP) is 1.43. The number of rotatable bonds is 5. The Kier molecular flexibility index (Phi) is 5.17. The van der Waals surface area contributed by atoms with Gasteiger partial charge in [0.1, 0.15) is 5.75 Å². The highest BCUT2D eigenvalue weighted by molar-refractivity contribution is 5.79. The zero-order valence-electron chi connectivity index (χ0n) is 10.4. The summed E-state index contributed by atoms with van der Waals surface area (Å²) in [6.45, 7) is 3.09. The van der Waals surface area contributed by atoms with E-state index in [1.54, 1.807) is 25.1 Å². The van der Waals surface area contributed by atoms with Gasteiger partial charge in [0.2, 0.25) is 6.10 Å². The normalized spacial score (nSPS) is 11.7. The molecule has 0 heterocycles. The second-order valence-corrected chi connectivity index (χ2v) is 3.68. The lowest BCUT2D eigenvalue weighted by Crippen LogP contribution is -2.30. The van der Waals surface area contributed by atoms with Crippen LogP contribution in [-0.2, 0) is 25.5 Å². The highest BCUT2D eigenvalue weighted by atomic mass is 16.6. The van der Waals surface area contributed by atoms with E-state index >= 15 is 0 Å². The third kappa shape index (κ3) is 4.08. The van der Waals surface area contributed by atoms with E-state index in [2.05, 4.69) is 0 Å². The summed E-state index contributed by atoms with van der Waals surface area (Å²) < 4.78 is 9.72. The molecule has 0 aliphatic rings. The molecule has 0 aliphatic heterocycles. The molecule has 1 aromatic rings. The van der Waals surface area contributed by atoms with E-state index in [-0.39, 0.29) is 18.8 Å². The first kappa shape index (κ1) is 14.0. The van der Waals surface area contributed by atoms with Crippen molar-refractivity contribution in [3.8, 4) is 5.75 Å². The Morgan fingerprint density at radius 3 is 2.56 bits per heavy atom. The number of carbonyl (C=O) groups is 2. The van der Waals surface area contributed by atoms with Gasteiger partial charge in [0.25, 0.3) is 0 Å². The summed E-state index contributed by atoms with van der Waals surface area (Å²) in [5.74, 6) is -1.13.